The summed E-state index contributed by atoms with van der Waals surface area (Å²) in [4.78, 5) is 14.6. The first-order valence-corrected chi connectivity index (χ1v) is 8.51. The number of hydrogen-bond acceptors (Lipinski definition) is 3. The first-order valence-electron chi connectivity index (χ1n) is 8.51. The predicted molar refractivity (Wildman–Crippen MR) is 105 cm³/mol. The van der Waals surface area contributed by atoms with Gasteiger partial charge in [0, 0.05) is 12.6 Å². The van der Waals surface area contributed by atoms with Crippen LogP contribution in [0.15, 0.2) is 30.3 Å². The summed E-state index contributed by atoms with van der Waals surface area (Å²) in [6.07, 6.45) is 6.16. The molecule has 1 heterocycles. The monoisotopic (exact) mass is 375 g/mol. The van der Waals surface area contributed by atoms with Crippen LogP contribution in [0.3, 0.4) is 0 Å². The number of rotatable bonds is 7. The smallest absolute Gasteiger partial charge is 0.241 e. The minimum Gasteiger partial charge on any atom is -0.354 e. The van der Waals surface area contributed by atoms with E-state index in [1.807, 2.05) is 30.3 Å². The molecule has 138 valence electrons. The zero-order chi connectivity index (χ0) is 15.8. The van der Waals surface area contributed by atoms with Crippen LogP contribution in [-0.4, -0.2) is 36.5 Å². The molecule has 6 heteroatoms. The van der Waals surface area contributed by atoms with Crippen molar-refractivity contribution < 1.29 is 4.79 Å². The standard InChI is InChI=1S/C18H29N3O.2ClH/c1-15-9-5-7-13-21(15)14-8-6-12-20-18(22)17(19)16-10-3-2-4-11-16;;/h2-4,10-11,15,17H,5-9,12-14,19H2,1H3,(H,20,22);2*1H. The van der Waals surface area contributed by atoms with Crippen molar-refractivity contribution >= 4 is 30.7 Å². The van der Waals surface area contributed by atoms with E-state index in [2.05, 4.69) is 17.1 Å². The number of halogens is 2. The number of unbranched alkanes of at least 4 members (excludes halogenated alkanes) is 1. The SMILES string of the molecule is CC1CCCCN1CCCCNC(=O)C(N)c1ccccc1.Cl.Cl. The van der Waals surface area contributed by atoms with Crippen LogP contribution >= 0.6 is 24.8 Å². The normalized spacial score (nSPS) is 18.8. The second kappa shape index (κ2) is 12.5. The summed E-state index contributed by atoms with van der Waals surface area (Å²) in [5, 5.41) is 2.95. The van der Waals surface area contributed by atoms with Gasteiger partial charge < -0.3 is 16.0 Å². The van der Waals surface area contributed by atoms with Gasteiger partial charge in [-0.25, -0.2) is 0 Å². The van der Waals surface area contributed by atoms with Crippen molar-refractivity contribution in [2.45, 2.75) is 51.1 Å². The molecule has 1 aliphatic rings. The topological polar surface area (TPSA) is 58.4 Å². The van der Waals surface area contributed by atoms with Crippen molar-refractivity contribution in [3.63, 3.8) is 0 Å². The Labute approximate surface area is 158 Å². The van der Waals surface area contributed by atoms with Crippen LogP contribution in [0.5, 0.6) is 0 Å². The molecule has 2 atom stereocenters. The van der Waals surface area contributed by atoms with Crippen molar-refractivity contribution in [1.82, 2.24) is 10.2 Å². The van der Waals surface area contributed by atoms with Crippen molar-refractivity contribution in [2.24, 2.45) is 5.73 Å². The third-order valence-corrected chi connectivity index (χ3v) is 4.55. The number of amides is 1. The van der Waals surface area contributed by atoms with Crippen LogP contribution < -0.4 is 11.1 Å². The molecular formula is C18H31Cl2N3O. The molecule has 3 N–H and O–H groups in total. The maximum absolute atomic E-state index is 12.0. The van der Waals surface area contributed by atoms with Gasteiger partial charge >= 0.3 is 0 Å². The van der Waals surface area contributed by atoms with Gasteiger partial charge in [0.1, 0.15) is 6.04 Å². The zero-order valence-electron chi connectivity index (χ0n) is 14.4. The summed E-state index contributed by atoms with van der Waals surface area (Å²) in [5.41, 5.74) is 6.83. The lowest BCUT2D eigenvalue weighted by Gasteiger charge is -2.33. The van der Waals surface area contributed by atoms with Gasteiger partial charge in [0.15, 0.2) is 0 Å². The molecule has 1 fully saturated rings. The summed E-state index contributed by atoms with van der Waals surface area (Å²) in [5.74, 6) is -0.0856. The molecule has 1 amide bonds. The molecule has 1 saturated heterocycles. The fourth-order valence-electron chi connectivity index (χ4n) is 3.06. The quantitative estimate of drug-likeness (QED) is 0.718. The fourth-order valence-corrected chi connectivity index (χ4v) is 3.06. The lowest BCUT2D eigenvalue weighted by Crippen LogP contribution is -2.38. The van der Waals surface area contributed by atoms with Gasteiger partial charge in [-0.2, -0.15) is 0 Å². The number of carbonyl (C=O) groups is 1. The molecule has 2 rings (SSSR count). The Balaban J connectivity index is 0.00000264. The van der Waals surface area contributed by atoms with E-state index in [4.69, 9.17) is 5.73 Å². The third-order valence-electron chi connectivity index (χ3n) is 4.55. The number of nitrogens with zero attached hydrogens (tertiary/aromatic N) is 1. The lowest BCUT2D eigenvalue weighted by atomic mass is 10.0. The van der Waals surface area contributed by atoms with Crippen LogP contribution in [-0.2, 0) is 4.79 Å². The highest BCUT2D eigenvalue weighted by molar-refractivity contribution is 5.85. The number of nitrogens with two attached hydrogens (primary N) is 1. The Morgan fingerprint density at radius 1 is 1.25 bits per heavy atom. The van der Waals surface area contributed by atoms with Crippen LogP contribution in [0.4, 0.5) is 0 Å². The summed E-state index contributed by atoms with van der Waals surface area (Å²) in [6.45, 7) is 5.40. The Bertz CT molecular complexity index is 459. The molecule has 0 spiro atoms. The number of carbonyl (C=O) groups excluding carboxylic acids is 1. The minimum atomic E-state index is -0.566. The summed E-state index contributed by atoms with van der Waals surface area (Å²) < 4.78 is 0. The van der Waals surface area contributed by atoms with Gasteiger partial charge in [-0.05, 0) is 51.3 Å². The molecule has 4 nitrogen and oxygen atoms in total. The molecule has 0 bridgehead atoms. The third kappa shape index (κ3) is 7.39. The number of likely N-dealkylation sites (tertiary alicyclic amines) is 1. The van der Waals surface area contributed by atoms with Crippen LogP contribution in [0, 0.1) is 0 Å². The molecule has 0 radical (unpaired) electrons. The van der Waals surface area contributed by atoms with Crippen molar-refractivity contribution in [2.75, 3.05) is 19.6 Å². The van der Waals surface area contributed by atoms with Gasteiger partial charge in [-0.15, -0.1) is 24.8 Å². The van der Waals surface area contributed by atoms with Gasteiger partial charge in [0.2, 0.25) is 5.91 Å². The van der Waals surface area contributed by atoms with Crippen molar-refractivity contribution in [3.05, 3.63) is 35.9 Å². The van der Waals surface area contributed by atoms with Crippen LogP contribution in [0.25, 0.3) is 0 Å². The van der Waals surface area contributed by atoms with E-state index < -0.39 is 6.04 Å². The van der Waals surface area contributed by atoms with E-state index >= 15 is 0 Å². The molecule has 0 aliphatic carbocycles. The fraction of sp³-hybridized carbons (Fsp3) is 0.611. The molecule has 1 aliphatic heterocycles. The average Bonchev–Trinajstić information content (AvgIpc) is 2.56. The average molecular weight is 376 g/mol. The Morgan fingerprint density at radius 2 is 1.96 bits per heavy atom. The molecule has 1 aromatic carbocycles. The predicted octanol–water partition coefficient (Wildman–Crippen LogP) is 3.30. The number of nitrogens with one attached hydrogen (secondary N) is 1. The van der Waals surface area contributed by atoms with E-state index in [0.717, 1.165) is 31.0 Å². The minimum absolute atomic E-state index is 0. The van der Waals surface area contributed by atoms with Crippen LogP contribution in [0.1, 0.15) is 50.6 Å². The maximum atomic E-state index is 12.0. The Kier molecular flexibility index (Phi) is 12.1. The second-order valence-electron chi connectivity index (χ2n) is 6.27. The van der Waals surface area contributed by atoms with E-state index in [1.54, 1.807) is 0 Å². The molecule has 0 aromatic heterocycles. The lowest BCUT2D eigenvalue weighted by molar-refractivity contribution is -0.122. The van der Waals surface area contributed by atoms with Gasteiger partial charge in [-0.1, -0.05) is 36.8 Å². The summed E-state index contributed by atoms with van der Waals surface area (Å²) in [7, 11) is 0. The van der Waals surface area contributed by atoms with Crippen LogP contribution in [0.2, 0.25) is 0 Å². The zero-order valence-corrected chi connectivity index (χ0v) is 16.1. The maximum Gasteiger partial charge on any atom is 0.241 e. The highest BCUT2D eigenvalue weighted by Gasteiger charge is 2.17. The van der Waals surface area contributed by atoms with Gasteiger partial charge in [-0.3, -0.25) is 4.79 Å². The first-order chi connectivity index (χ1) is 10.7. The van der Waals surface area contributed by atoms with Crippen molar-refractivity contribution in [1.29, 1.82) is 0 Å². The molecule has 2 unspecified atom stereocenters. The Hall–Kier alpha value is -0.810. The second-order valence-corrected chi connectivity index (χ2v) is 6.27. The summed E-state index contributed by atoms with van der Waals surface area (Å²) in [6, 6.07) is 9.67. The molecule has 0 saturated carbocycles. The van der Waals surface area contributed by atoms with E-state index in [9.17, 15) is 4.79 Å². The molecular weight excluding hydrogens is 345 g/mol. The number of benzene rings is 1. The van der Waals surface area contributed by atoms with E-state index in [1.165, 1.54) is 25.8 Å². The molecule has 24 heavy (non-hydrogen) atoms. The van der Waals surface area contributed by atoms with E-state index in [-0.39, 0.29) is 30.7 Å². The largest absolute Gasteiger partial charge is 0.354 e. The molecule has 1 aromatic rings. The number of hydrogen-bond donors (Lipinski definition) is 2. The van der Waals surface area contributed by atoms with Gasteiger partial charge in [0.05, 0.1) is 0 Å². The van der Waals surface area contributed by atoms with Gasteiger partial charge in [0.25, 0.3) is 0 Å². The highest BCUT2D eigenvalue weighted by atomic mass is 35.5. The Morgan fingerprint density at radius 3 is 2.62 bits per heavy atom. The first kappa shape index (κ1) is 23.2. The highest BCUT2D eigenvalue weighted by Crippen LogP contribution is 2.16. The van der Waals surface area contributed by atoms with Crippen molar-refractivity contribution in [3.8, 4) is 0 Å². The summed E-state index contributed by atoms with van der Waals surface area (Å²) >= 11 is 0. The number of piperidine rings is 1. The van der Waals surface area contributed by atoms with E-state index in [0.29, 0.717) is 6.54 Å².